The summed E-state index contributed by atoms with van der Waals surface area (Å²) in [4.78, 5) is 41.4. The lowest BCUT2D eigenvalue weighted by molar-refractivity contribution is 0.0693. The number of carbonyl (C=O) groups excluding carboxylic acids is 2. The summed E-state index contributed by atoms with van der Waals surface area (Å²) in [6.45, 7) is 0. The van der Waals surface area contributed by atoms with Gasteiger partial charge in [-0.3, -0.25) is 14.5 Å². The van der Waals surface area contributed by atoms with Crippen LogP contribution in [0.5, 0.6) is 0 Å². The van der Waals surface area contributed by atoms with Gasteiger partial charge >= 0.3 is 5.63 Å². The fourth-order valence-corrected chi connectivity index (χ4v) is 2.64. The highest BCUT2D eigenvalue weighted by Crippen LogP contribution is 2.27. The highest BCUT2D eigenvalue weighted by atomic mass is 16.4. The maximum Gasteiger partial charge on any atom is 0.347 e. The molecule has 2 aromatic carbocycles. The first-order valence-corrected chi connectivity index (χ1v) is 6.93. The van der Waals surface area contributed by atoms with Gasteiger partial charge in [-0.2, -0.15) is 0 Å². The molecule has 0 saturated carbocycles. The zero-order valence-electron chi connectivity index (χ0n) is 12.1. The van der Waals surface area contributed by atoms with Gasteiger partial charge in [-0.25, -0.2) is 9.78 Å². The number of imide groups is 1. The van der Waals surface area contributed by atoms with E-state index in [1.807, 2.05) is 0 Å². The first kappa shape index (κ1) is 13.4. The van der Waals surface area contributed by atoms with Gasteiger partial charge in [-0.15, -0.1) is 0 Å². The topological polar surface area (TPSA) is 80.5 Å². The van der Waals surface area contributed by atoms with E-state index < -0.39 is 5.63 Å². The fourth-order valence-electron chi connectivity index (χ4n) is 2.64. The van der Waals surface area contributed by atoms with E-state index in [0.29, 0.717) is 22.0 Å². The Morgan fingerprint density at radius 2 is 1.70 bits per heavy atom. The summed E-state index contributed by atoms with van der Waals surface area (Å²) >= 11 is 0. The van der Waals surface area contributed by atoms with Crippen LogP contribution in [0.15, 0.2) is 51.7 Å². The summed E-state index contributed by atoms with van der Waals surface area (Å²) in [6, 6.07) is 11.5. The smallest absolute Gasteiger partial charge is 0.347 e. The molecule has 0 N–H and O–H groups in total. The van der Waals surface area contributed by atoms with Crippen LogP contribution in [0.2, 0.25) is 0 Å². The number of carbonyl (C=O) groups is 2. The lowest BCUT2D eigenvalue weighted by Gasteiger charge is -2.03. The summed E-state index contributed by atoms with van der Waals surface area (Å²) in [5.74, 6) is -0.606. The number of nitrogens with zero attached hydrogens (tertiary/aromatic N) is 2. The van der Waals surface area contributed by atoms with E-state index in [-0.39, 0.29) is 23.3 Å². The molecule has 4 rings (SSSR count). The van der Waals surface area contributed by atoms with Crippen molar-refractivity contribution < 1.29 is 14.0 Å². The predicted octanol–water partition coefficient (Wildman–Crippen LogP) is 2.08. The minimum Gasteiger partial charge on any atom is -0.403 e. The van der Waals surface area contributed by atoms with Gasteiger partial charge in [0.15, 0.2) is 0 Å². The van der Waals surface area contributed by atoms with Crippen LogP contribution in [0.4, 0.5) is 0 Å². The normalized spacial score (nSPS) is 13.7. The van der Waals surface area contributed by atoms with Crippen LogP contribution < -0.4 is 5.63 Å². The maximum absolute atomic E-state index is 12.1. The second-order valence-corrected chi connectivity index (χ2v) is 5.25. The molecule has 1 aromatic heterocycles. The van der Waals surface area contributed by atoms with Crippen molar-refractivity contribution in [2.45, 2.75) is 0 Å². The molecule has 1 aliphatic rings. The Morgan fingerprint density at radius 1 is 0.957 bits per heavy atom. The van der Waals surface area contributed by atoms with Crippen molar-refractivity contribution in [1.82, 2.24) is 9.88 Å². The van der Waals surface area contributed by atoms with Crippen molar-refractivity contribution in [2.75, 3.05) is 7.05 Å². The first-order chi connectivity index (χ1) is 11.1. The van der Waals surface area contributed by atoms with E-state index in [1.54, 1.807) is 36.4 Å². The van der Waals surface area contributed by atoms with Crippen molar-refractivity contribution in [1.29, 1.82) is 0 Å². The Labute approximate surface area is 130 Å². The fraction of sp³-hybridized carbons (Fsp3) is 0.0588. The molecule has 0 aliphatic carbocycles. The molecular formula is C17H10N2O4. The molecule has 0 radical (unpaired) electrons. The van der Waals surface area contributed by atoms with Gasteiger partial charge < -0.3 is 4.42 Å². The summed E-state index contributed by atoms with van der Waals surface area (Å²) < 4.78 is 5.25. The van der Waals surface area contributed by atoms with Crippen LogP contribution in [-0.2, 0) is 0 Å². The number of aromatic nitrogens is 1. The quantitative estimate of drug-likeness (QED) is 0.643. The molecule has 0 bridgehead atoms. The molecule has 0 fully saturated rings. The number of amides is 2. The minimum absolute atomic E-state index is 0.117. The largest absolute Gasteiger partial charge is 0.403 e. The zero-order chi connectivity index (χ0) is 16.1. The second-order valence-electron chi connectivity index (χ2n) is 5.25. The van der Waals surface area contributed by atoms with E-state index >= 15 is 0 Å². The summed E-state index contributed by atoms with van der Waals surface area (Å²) in [5.41, 5.74) is 1.12. The van der Waals surface area contributed by atoms with Crippen LogP contribution in [0.1, 0.15) is 20.7 Å². The monoisotopic (exact) mass is 306 g/mol. The van der Waals surface area contributed by atoms with Crippen molar-refractivity contribution in [3.63, 3.8) is 0 Å². The SMILES string of the molecule is CN1C(=O)c2ccc(-c3nc4ccccc4c(=O)o3)cc2C1=O. The average molecular weight is 306 g/mol. The molecule has 112 valence electrons. The number of para-hydroxylation sites is 1. The van der Waals surface area contributed by atoms with Gasteiger partial charge in [0.05, 0.1) is 22.0 Å². The molecule has 0 unspecified atom stereocenters. The molecule has 0 atom stereocenters. The molecule has 0 saturated heterocycles. The first-order valence-electron chi connectivity index (χ1n) is 6.93. The number of hydrogen-bond donors (Lipinski definition) is 0. The van der Waals surface area contributed by atoms with Gasteiger partial charge in [-0.1, -0.05) is 12.1 Å². The van der Waals surface area contributed by atoms with Gasteiger partial charge in [-0.05, 0) is 30.3 Å². The van der Waals surface area contributed by atoms with Crippen LogP contribution in [0.25, 0.3) is 22.4 Å². The molecule has 3 aromatic rings. The summed E-state index contributed by atoms with van der Waals surface area (Å²) in [7, 11) is 1.43. The van der Waals surface area contributed by atoms with Gasteiger partial charge in [0.25, 0.3) is 11.8 Å². The predicted molar refractivity (Wildman–Crippen MR) is 82.1 cm³/mol. The molecule has 2 heterocycles. The Morgan fingerprint density at radius 3 is 2.52 bits per heavy atom. The number of fused-ring (bicyclic) bond motifs is 2. The van der Waals surface area contributed by atoms with Crippen molar-refractivity contribution in [2.24, 2.45) is 0 Å². The standard InChI is InChI=1S/C17H10N2O4/c1-19-15(20)10-7-6-9(8-12(10)16(19)21)14-18-13-5-3-2-4-11(13)17(22)23-14/h2-8H,1H3. The van der Waals surface area contributed by atoms with Crippen molar-refractivity contribution in [3.8, 4) is 11.5 Å². The Kier molecular flexibility index (Phi) is 2.68. The van der Waals surface area contributed by atoms with Gasteiger partial charge in [0.2, 0.25) is 5.89 Å². The van der Waals surface area contributed by atoms with E-state index in [0.717, 1.165) is 4.90 Å². The Balaban J connectivity index is 1.92. The van der Waals surface area contributed by atoms with Gasteiger partial charge in [0.1, 0.15) is 0 Å². The number of benzene rings is 2. The second kappa shape index (κ2) is 4.61. The molecule has 6 heteroatoms. The molecular weight excluding hydrogens is 296 g/mol. The van der Waals surface area contributed by atoms with Crippen molar-refractivity contribution >= 4 is 22.7 Å². The lowest BCUT2D eigenvalue weighted by atomic mass is 10.1. The highest BCUT2D eigenvalue weighted by molar-refractivity contribution is 6.21. The minimum atomic E-state index is -0.495. The third-order valence-corrected chi connectivity index (χ3v) is 3.87. The summed E-state index contributed by atoms with van der Waals surface area (Å²) in [6.07, 6.45) is 0. The van der Waals surface area contributed by atoms with Crippen LogP contribution >= 0.6 is 0 Å². The Bertz CT molecular complexity index is 1050. The molecule has 1 aliphatic heterocycles. The van der Waals surface area contributed by atoms with Crippen LogP contribution in [-0.4, -0.2) is 28.7 Å². The number of hydrogen-bond acceptors (Lipinski definition) is 5. The summed E-state index contributed by atoms with van der Waals surface area (Å²) in [5, 5.41) is 0.392. The lowest BCUT2D eigenvalue weighted by Crippen LogP contribution is -2.24. The third kappa shape index (κ3) is 1.88. The molecule has 6 nitrogen and oxygen atoms in total. The molecule has 2 amide bonds. The number of rotatable bonds is 1. The third-order valence-electron chi connectivity index (χ3n) is 3.87. The van der Waals surface area contributed by atoms with Crippen molar-refractivity contribution in [3.05, 3.63) is 64.0 Å². The van der Waals surface area contributed by atoms with E-state index in [2.05, 4.69) is 4.98 Å². The zero-order valence-corrected chi connectivity index (χ0v) is 12.1. The highest BCUT2D eigenvalue weighted by Gasteiger charge is 2.33. The molecule has 23 heavy (non-hydrogen) atoms. The van der Waals surface area contributed by atoms with E-state index in [4.69, 9.17) is 4.42 Å². The molecule has 0 spiro atoms. The van der Waals surface area contributed by atoms with Crippen LogP contribution in [0.3, 0.4) is 0 Å². The average Bonchev–Trinajstić information content (AvgIpc) is 2.79. The van der Waals surface area contributed by atoms with E-state index in [1.165, 1.54) is 13.1 Å². The Hall–Kier alpha value is -3.28. The van der Waals surface area contributed by atoms with E-state index in [9.17, 15) is 14.4 Å². The maximum atomic E-state index is 12.1. The van der Waals surface area contributed by atoms with Gasteiger partial charge in [0, 0.05) is 12.6 Å². The van der Waals surface area contributed by atoms with Crippen LogP contribution in [0, 0.1) is 0 Å².